The van der Waals surface area contributed by atoms with Crippen molar-refractivity contribution in [3.8, 4) is 0 Å². The molecule has 0 aliphatic heterocycles. The van der Waals surface area contributed by atoms with E-state index >= 15 is 0 Å². The molecule has 0 saturated heterocycles. The first-order valence-corrected chi connectivity index (χ1v) is 7.70. The highest BCUT2D eigenvalue weighted by molar-refractivity contribution is 6.33. The summed E-state index contributed by atoms with van der Waals surface area (Å²) in [6.07, 6.45) is 1.42. The smallest absolute Gasteiger partial charge is 0.337 e. The monoisotopic (exact) mass is 326 g/mol. The Morgan fingerprint density at radius 2 is 2.00 bits per heavy atom. The lowest BCUT2D eigenvalue weighted by Gasteiger charge is -2.10. The van der Waals surface area contributed by atoms with Gasteiger partial charge in [0.1, 0.15) is 0 Å². The second-order valence-electron chi connectivity index (χ2n) is 5.42. The first-order chi connectivity index (χ1) is 10.4. The molecule has 1 aromatic rings. The number of methoxy groups -OCH3 is 1. The Balaban J connectivity index is 2.48. The Bertz CT molecular complexity index is 518. The molecule has 0 unspecified atom stereocenters. The summed E-state index contributed by atoms with van der Waals surface area (Å²) >= 11 is 6.02. The van der Waals surface area contributed by atoms with Crippen molar-refractivity contribution < 1.29 is 14.3 Å². The molecule has 0 aromatic heterocycles. The summed E-state index contributed by atoms with van der Waals surface area (Å²) in [5.41, 5.74) is 0.758. The number of anilines is 1. The van der Waals surface area contributed by atoms with Crippen LogP contribution >= 0.6 is 11.6 Å². The molecule has 22 heavy (non-hydrogen) atoms. The Morgan fingerprint density at radius 3 is 2.64 bits per heavy atom. The highest BCUT2D eigenvalue weighted by Gasteiger charge is 2.11. The lowest BCUT2D eigenvalue weighted by molar-refractivity contribution is -0.116. The quantitative estimate of drug-likeness (QED) is 0.569. The Labute approximate surface area is 136 Å². The summed E-state index contributed by atoms with van der Waals surface area (Å²) in [5.74, 6) is 0.0182. The molecule has 0 spiro atoms. The zero-order valence-corrected chi connectivity index (χ0v) is 14.0. The second-order valence-corrected chi connectivity index (χ2v) is 5.82. The number of carbonyl (C=O) groups is 2. The van der Waals surface area contributed by atoms with Gasteiger partial charge in [0.2, 0.25) is 5.91 Å². The van der Waals surface area contributed by atoms with Crippen LogP contribution in [0.25, 0.3) is 0 Å². The Morgan fingerprint density at radius 1 is 1.27 bits per heavy atom. The molecule has 0 saturated carbocycles. The summed E-state index contributed by atoms with van der Waals surface area (Å²) in [7, 11) is 1.30. The number of halogens is 1. The number of esters is 1. The van der Waals surface area contributed by atoms with Crippen molar-refractivity contribution >= 4 is 29.2 Å². The average molecular weight is 327 g/mol. The van der Waals surface area contributed by atoms with Crippen molar-refractivity contribution in [1.29, 1.82) is 0 Å². The normalized spacial score (nSPS) is 10.6. The molecule has 0 bridgehead atoms. The molecule has 0 atom stereocenters. The van der Waals surface area contributed by atoms with Gasteiger partial charge in [-0.2, -0.15) is 0 Å². The highest BCUT2D eigenvalue weighted by Crippen LogP contribution is 2.23. The largest absolute Gasteiger partial charge is 0.465 e. The van der Waals surface area contributed by atoms with Crippen molar-refractivity contribution in [2.24, 2.45) is 5.92 Å². The van der Waals surface area contributed by atoms with Gasteiger partial charge in [0.15, 0.2) is 0 Å². The Kier molecular flexibility index (Phi) is 7.91. The minimum atomic E-state index is -0.470. The van der Waals surface area contributed by atoms with Crippen LogP contribution in [-0.4, -0.2) is 32.1 Å². The van der Waals surface area contributed by atoms with E-state index in [0.717, 1.165) is 13.0 Å². The van der Waals surface area contributed by atoms with Gasteiger partial charge in [0.05, 0.1) is 23.4 Å². The molecule has 0 radical (unpaired) electrons. The molecule has 5 nitrogen and oxygen atoms in total. The van der Waals surface area contributed by atoms with Crippen LogP contribution in [0, 0.1) is 5.92 Å². The predicted octanol–water partition coefficient (Wildman–Crippen LogP) is 3.09. The van der Waals surface area contributed by atoms with Gasteiger partial charge in [-0.1, -0.05) is 25.4 Å². The molecule has 6 heteroatoms. The molecule has 1 aromatic carbocycles. The molecule has 1 rings (SSSR count). The van der Waals surface area contributed by atoms with Crippen LogP contribution < -0.4 is 10.6 Å². The fourth-order valence-electron chi connectivity index (χ4n) is 1.80. The van der Waals surface area contributed by atoms with Gasteiger partial charge in [-0.25, -0.2) is 4.79 Å². The fourth-order valence-corrected chi connectivity index (χ4v) is 1.96. The molecular formula is C16H23ClN2O3. The maximum atomic E-state index is 11.9. The number of hydrogen-bond acceptors (Lipinski definition) is 4. The number of benzene rings is 1. The van der Waals surface area contributed by atoms with E-state index in [0.29, 0.717) is 35.2 Å². The Hall–Kier alpha value is -1.59. The number of nitrogens with one attached hydrogen (secondary N) is 2. The molecule has 0 aliphatic rings. The molecule has 0 aliphatic carbocycles. The van der Waals surface area contributed by atoms with Gasteiger partial charge in [0, 0.05) is 13.0 Å². The third-order valence-electron chi connectivity index (χ3n) is 3.09. The van der Waals surface area contributed by atoms with Crippen LogP contribution in [-0.2, 0) is 9.53 Å². The molecule has 122 valence electrons. The van der Waals surface area contributed by atoms with Crippen LogP contribution in [0.3, 0.4) is 0 Å². The van der Waals surface area contributed by atoms with Crippen molar-refractivity contribution in [3.05, 3.63) is 28.8 Å². The third-order valence-corrected chi connectivity index (χ3v) is 3.42. The van der Waals surface area contributed by atoms with Crippen LogP contribution in [0.15, 0.2) is 18.2 Å². The van der Waals surface area contributed by atoms with Gasteiger partial charge in [-0.3, -0.25) is 4.79 Å². The molecule has 0 fully saturated rings. The van der Waals surface area contributed by atoms with Crippen molar-refractivity contribution in [1.82, 2.24) is 5.32 Å². The zero-order valence-electron chi connectivity index (χ0n) is 13.2. The zero-order chi connectivity index (χ0) is 16.5. The van der Waals surface area contributed by atoms with Gasteiger partial charge in [-0.05, 0) is 37.1 Å². The van der Waals surface area contributed by atoms with Crippen LogP contribution in [0.4, 0.5) is 5.69 Å². The van der Waals surface area contributed by atoms with Crippen molar-refractivity contribution in [2.75, 3.05) is 25.5 Å². The van der Waals surface area contributed by atoms with Crippen LogP contribution in [0.2, 0.25) is 5.02 Å². The summed E-state index contributed by atoms with van der Waals surface area (Å²) in [5, 5.41) is 6.31. The number of amides is 1. The topological polar surface area (TPSA) is 67.4 Å². The second kappa shape index (κ2) is 9.43. The highest BCUT2D eigenvalue weighted by atomic mass is 35.5. The summed E-state index contributed by atoms with van der Waals surface area (Å²) in [4.78, 5) is 23.4. The van der Waals surface area contributed by atoms with E-state index < -0.39 is 5.97 Å². The van der Waals surface area contributed by atoms with Crippen LogP contribution in [0.5, 0.6) is 0 Å². The predicted molar refractivity (Wildman–Crippen MR) is 88.4 cm³/mol. The minimum Gasteiger partial charge on any atom is -0.465 e. The van der Waals surface area contributed by atoms with Gasteiger partial charge in [-0.15, -0.1) is 0 Å². The number of carbonyl (C=O) groups excluding carboxylic acids is 2. The maximum Gasteiger partial charge on any atom is 0.337 e. The lowest BCUT2D eigenvalue weighted by atomic mass is 10.1. The first-order valence-electron chi connectivity index (χ1n) is 7.32. The van der Waals surface area contributed by atoms with E-state index in [1.54, 1.807) is 12.1 Å². The van der Waals surface area contributed by atoms with E-state index in [-0.39, 0.29) is 5.91 Å². The minimum absolute atomic E-state index is 0.152. The molecule has 0 heterocycles. The van der Waals surface area contributed by atoms with Crippen molar-refractivity contribution in [3.63, 3.8) is 0 Å². The van der Waals surface area contributed by atoms with Gasteiger partial charge in [0.25, 0.3) is 0 Å². The SMILES string of the molecule is COC(=O)c1ccc(Cl)c(NC(=O)CCNCCC(C)C)c1. The first kappa shape index (κ1) is 18.5. The van der Waals surface area contributed by atoms with Gasteiger partial charge < -0.3 is 15.4 Å². The lowest BCUT2D eigenvalue weighted by Crippen LogP contribution is -2.23. The summed E-state index contributed by atoms with van der Waals surface area (Å²) < 4.78 is 4.64. The number of rotatable bonds is 8. The van der Waals surface area contributed by atoms with E-state index in [4.69, 9.17) is 11.6 Å². The average Bonchev–Trinajstić information content (AvgIpc) is 2.48. The maximum absolute atomic E-state index is 11.9. The van der Waals surface area contributed by atoms with E-state index in [2.05, 4.69) is 29.2 Å². The number of ether oxygens (including phenoxy) is 1. The van der Waals surface area contributed by atoms with E-state index in [9.17, 15) is 9.59 Å². The van der Waals surface area contributed by atoms with Crippen LogP contribution in [0.1, 0.15) is 37.0 Å². The number of hydrogen-bond donors (Lipinski definition) is 2. The summed E-state index contributed by atoms with van der Waals surface area (Å²) in [6.45, 7) is 5.81. The van der Waals surface area contributed by atoms with E-state index in [1.165, 1.54) is 13.2 Å². The fraction of sp³-hybridized carbons (Fsp3) is 0.500. The third kappa shape index (κ3) is 6.45. The van der Waals surface area contributed by atoms with E-state index in [1.807, 2.05) is 0 Å². The molecule has 2 N–H and O–H groups in total. The molecular weight excluding hydrogens is 304 g/mol. The summed E-state index contributed by atoms with van der Waals surface area (Å²) in [6, 6.07) is 4.62. The van der Waals surface area contributed by atoms with Crippen molar-refractivity contribution in [2.45, 2.75) is 26.7 Å². The van der Waals surface area contributed by atoms with Gasteiger partial charge >= 0.3 is 5.97 Å². The standard InChI is InChI=1S/C16H23ClN2O3/c1-11(2)6-8-18-9-7-15(20)19-14-10-12(16(21)22-3)4-5-13(14)17/h4-5,10-11,18H,6-9H2,1-3H3,(H,19,20). The molecule has 1 amide bonds.